The van der Waals surface area contributed by atoms with Crippen molar-refractivity contribution in [3.05, 3.63) is 59.9 Å². The molecule has 10 heteroatoms. The molecule has 2 aliphatic rings. The number of carbonyl (C=O) groups excluding carboxylic acids is 3. The van der Waals surface area contributed by atoms with Gasteiger partial charge >= 0.3 is 5.97 Å². The Bertz CT molecular complexity index is 1320. The standard InChI is InChI=1S/C26H26N4O6/c1-16(2)14-29-24(32)19-6-4-5-7-20(19)30-22(31)12-13-26(29,30)25(33)35-15-21-27-23(36-28-21)17-8-10-18(34-3)11-9-17/h4-11,16H,12-15H2,1-3H3. The van der Waals surface area contributed by atoms with Gasteiger partial charge in [-0.05, 0) is 42.3 Å². The third kappa shape index (κ3) is 3.78. The van der Waals surface area contributed by atoms with Crippen LogP contribution in [0.1, 0.15) is 42.9 Å². The lowest BCUT2D eigenvalue weighted by Gasteiger charge is -2.48. The molecule has 1 aromatic heterocycles. The van der Waals surface area contributed by atoms with Crippen molar-refractivity contribution in [2.75, 3.05) is 18.6 Å². The lowest BCUT2D eigenvalue weighted by molar-refractivity contribution is -0.159. The zero-order chi connectivity index (χ0) is 25.4. The van der Waals surface area contributed by atoms with E-state index in [9.17, 15) is 14.4 Å². The number of anilines is 1. The summed E-state index contributed by atoms with van der Waals surface area (Å²) in [4.78, 5) is 47.5. The van der Waals surface area contributed by atoms with Crippen molar-refractivity contribution in [1.82, 2.24) is 15.0 Å². The van der Waals surface area contributed by atoms with Gasteiger partial charge in [0.05, 0.1) is 18.4 Å². The maximum Gasteiger partial charge on any atom is 0.354 e. The summed E-state index contributed by atoms with van der Waals surface area (Å²) < 4.78 is 16.1. The summed E-state index contributed by atoms with van der Waals surface area (Å²) in [6.07, 6.45) is 0.260. The zero-order valence-corrected chi connectivity index (χ0v) is 20.3. The van der Waals surface area contributed by atoms with Crippen LogP contribution in [-0.2, 0) is 20.9 Å². The highest BCUT2D eigenvalue weighted by Gasteiger charge is 2.62. The number of aromatic nitrogens is 2. The number of carbonyl (C=O) groups is 3. The Morgan fingerprint density at radius 3 is 2.61 bits per heavy atom. The molecular weight excluding hydrogens is 464 g/mol. The van der Waals surface area contributed by atoms with Crippen molar-refractivity contribution in [3.8, 4) is 17.2 Å². The number of para-hydroxylation sites is 1. The Morgan fingerprint density at radius 1 is 1.14 bits per heavy atom. The third-order valence-corrected chi connectivity index (χ3v) is 6.39. The van der Waals surface area contributed by atoms with Crippen LogP contribution in [0.15, 0.2) is 53.1 Å². The predicted molar refractivity (Wildman–Crippen MR) is 128 cm³/mol. The Labute approximate surface area is 207 Å². The second-order valence-corrected chi connectivity index (χ2v) is 9.19. The second-order valence-electron chi connectivity index (χ2n) is 9.19. The summed E-state index contributed by atoms with van der Waals surface area (Å²) in [6.45, 7) is 3.92. The van der Waals surface area contributed by atoms with Gasteiger partial charge < -0.3 is 18.9 Å². The Balaban J connectivity index is 1.43. The molecule has 10 nitrogen and oxygen atoms in total. The molecule has 3 aromatic rings. The first-order valence-corrected chi connectivity index (χ1v) is 11.7. The summed E-state index contributed by atoms with van der Waals surface area (Å²) in [7, 11) is 1.58. The fraction of sp³-hybridized carbons (Fsp3) is 0.346. The molecule has 0 bridgehead atoms. The van der Waals surface area contributed by atoms with Gasteiger partial charge in [-0.3, -0.25) is 14.5 Å². The average Bonchev–Trinajstić information content (AvgIpc) is 3.50. The van der Waals surface area contributed by atoms with Crippen molar-refractivity contribution in [2.24, 2.45) is 5.92 Å². The molecule has 0 saturated carbocycles. The van der Waals surface area contributed by atoms with Gasteiger partial charge in [0.25, 0.3) is 11.8 Å². The van der Waals surface area contributed by atoms with Crippen molar-refractivity contribution < 1.29 is 28.4 Å². The number of benzene rings is 2. The number of methoxy groups -OCH3 is 1. The summed E-state index contributed by atoms with van der Waals surface area (Å²) in [5.41, 5.74) is -0.0675. The number of amides is 2. The van der Waals surface area contributed by atoms with E-state index in [2.05, 4.69) is 10.1 Å². The lowest BCUT2D eigenvalue weighted by Crippen LogP contribution is -2.69. The molecule has 1 unspecified atom stereocenters. The van der Waals surface area contributed by atoms with E-state index in [1.165, 1.54) is 9.80 Å². The molecule has 1 atom stereocenters. The fourth-order valence-corrected chi connectivity index (χ4v) is 4.78. The lowest BCUT2D eigenvalue weighted by atomic mass is 9.95. The number of nitrogens with zero attached hydrogens (tertiary/aromatic N) is 4. The molecule has 0 aliphatic carbocycles. The molecule has 0 radical (unpaired) electrons. The quantitative estimate of drug-likeness (QED) is 0.463. The highest BCUT2D eigenvalue weighted by atomic mass is 16.5. The van der Waals surface area contributed by atoms with Gasteiger partial charge in [-0.1, -0.05) is 31.1 Å². The number of hydrogen-bond donors (Lipinski definition) is 0. The minimum atomic E-state index is -1.56. The van der Waals surface area contributed by atoms with E-state index in [1.54, 1.807) is 55.6 Å². The summed E-state index contributed by atoms with van der Waals surface area (Å²) >= 11 is 0. The monoisotopic (exact) mass is 490 g/mol. The van der Waals surface area contributed by atoms with Gasteiger partial charge in [-0.15, -0.1) is 0 Å². The van der Waals surface area contributed by atoms with Gasteiger partial charge in [0, 0.05) is 24.9 Å². The molecule has 2 aliphatic heterocycles. The Hall–Kier alpha value is -4.21. The van der Waals surface area contributed by atoms with Crippen molar-refractivity contribution >= 4 is 23.5 Å². The SMILES string of the molecule is COc1ccc(-c2nc(COC(=O)C34CCC(=O)N3c3ccccc3C(=O)N4CC(C)C)no2)cc1. The van der Waals surface area contributed by atoms with Crippen LogP contribution in [0.25, 0.3) is 11.5 Å². The Kier molecular flexibility index (Phi) is 5.95. The van der Waals surface area contributed by atoms with Crippen LogP contribution in [0.2, 0.25) is 0 Å². The number of hydrogen-bond acceptors (Lipinski definition) is 8. The summed E-state index contributed by atoms with van der Waals surface area (Å²) in [6, 6.07) is 13.9. The predicted octanol–water partition coefficient (Wildman–Crippen LogP) is 3.42. The minimum absolute atomic E-state index is 0.0608. The van der Waals surface area contributed by atoms with E-state index < -0.39 is 11.6 Å². The van der Waals surface area contributed by atoms with Crippen LogP contribution in [0, 0.1) is 5.92 Å². The molecule has 2 amide bonds. The maximum atomic E-state index is 13.7. The largest absolute Gasteiger partial charge is 0.497 e. The molecule has 0 N–H and O–H groups in total. The van der Waals surface area contributed by atoms with Crippen molar-refractivity contribution in [3.63, 3.8) is 0 Å². The molecule has 1 fully saturated rings. The van der Waals surface area contributed by atoms with Crippen LogP contribution in [0.5, 0.6) is 5.75 Å². The van der Waals surface area contributed by atoms with Gasteiger partial charge in [0.2, 0.25) is 17.4 Å². The number of rotatable bonds is 7. The molecule has 186 valence electrons. The van der Waals surface area contributed by atoms with Gasteiger partial charge in [-0.25, -0.2) is 4.79 Å². The number of esters is 1. The highest BCUT2D eigenvalue weighted by molar-refractivity contribution is 6.15. The zero-order valence-electron chi connectivity index (χ0n) is 20.3. The van der Waals surface area contributed by atoms with Crippen LogP contribution in [0.3, 0.4) is 0 Å². The first kappa shape index (κ1) is 23.5. The average molecular weight is 491 g/mol. The first-order chi connectivity index (χ1) is 17.3. The molecule has 1 saturated heterocycles. The minimum Gasteiger partial charge on any atom is -0.497 e. The molecule has 0 spiro atoms. The van der Waals surface area contributed by atoms with Crippen molar-refractivity contribution in [1.29, 1.82) is 0 Å². The smallest absolute Gasteiger partial charge is 0.354 e. The molecule has 36 heavy (non-hydrogen) atoms. The van der Waals surface area contributed by atoms with E-state index in [0.29, 0.717) is 22.6 Å². The second kappa shape index (κ2) is 9.10. The maximum absolute atomic E-state index is 13.7. The number of ether oxygens (including phenoxy) is 2. The van der Waals surface area contributed by atoms with Gasteiger partial charge in [0.1, 0.15) is 5.75 Å². The van der Waals surface area contributed by atoms with Crippen LogP contribution in [-0.4, -0.2) is 52.1 Å². The van der Waals surface area contributed by atoms with Crippen LogP contribution < -0.4 is 9.64 Å². The van der Waals surface area contributed by atoms with E-state index in [0.717, 1.165) is 0 Å². The molecule has 3 heterocycles. The fourth-order valence-electron chi connectivity index (χ4n) is 4.78. The topological polar surface area (TPSA) is 115 Å². The van der Waals surface area contributed by atoms with Gasteiger partial charge in [-0.2, -0.15) is 4.98 Å². The normalized spacial score (nSPS) is 18.9. The van der Waals surface area contributed by atoms with Crippen molar-refractivity contribution in [2.45, 2.75) is 39.0 Å². The Morgan fingerprint density at radius 2 is 1.89 bits per heavy atom. The van der Waals surface area contributed by atoms with E-state index >= 15 is 0 Å². The molecular formula is C26H26N4O6. The van der Waals surface area contributed by atoms with E-state index in [1.807, 2.05) is 13.8 Å². The molecule has 5 rings (SSSR count). The van der Waals surface area contributed by atoms with Gasteiger partial charge in [0.15, 0.2) is 6.61 Å². The van der Waals surface area contributed by atoms with E-state index in [-0.39, 0.29) is 55.4 Å². The molecule has 2 aromatic carbocycles. The van der Waals surface area contributed by atoms with Crippen LogP contribution in [0.4, 0.5) is 5.69 Å². The third-order valence-electron chi connectivity index (χ3n) is 6.39. The first-order valence-electron chi connectivity index (χ1n) is 11.7. The number of fused-ring (bicyclic) bond motifs is 3. The van der Waals surface area contributed by atoms with Crippen LogP contribution >= 0.6 is 0 Å². The highest BCUT2D eigenvalue weighted by Crippen LogP contribution is 2.45. The summed E-state index contributed by atoms with van der Waals surface area (Å²) in [5, 5.41) is 3.91. The van der Waals surface area contributed by atoms with E-state index in [4.69, 9.17) is 14.0 Å². The summed E-state index contributed by atoms with van der Waals surface area (Å²) in [5.74, 6) is -0.0528.